The number of methoxy groups -OCH3 is 1. The Balaban J connectivity index is 1.78. The summed E-state index contributed by atoms with van der Waals surface area (Å²) < 4.78 is 50.0. The van der Waals surface area contributed by atoms with Crippen molar-refractivity contribution in [1.29, 1.82) is 0 Å². The molecule has 152 valence electrons. The first-order valence-electron chi connectivity index (χ1n) is 9.33. The maximum absolute atomic E-state index is 14.7. The number of hydrogen-bond acceptors (Lipinski definition) is 5. The first-order chi connectivity index (χ1) is 14.0. The number of fused-ring (bicyclic) bond motifs is 3. The van der Waals surface area contributed by atoms with Gasteiger partial charge in [0.05, 0.1) is 17.2 Å². The molecule has 29 heavy (non-hydrogen) atoms. The number of ether oxygens (including phenoxy) is 1. The lowest BCUT2D eigenvalue weighted by atomic mass is 9.97. The predicted molar refractivity (Wildman–Crippen MR) is 100 cm³/mol. The van der Waals surface area contributed by atoms with Crippen LogP contribution in [0.1, 0.15) is 25.7 Å². The van der Waals surface area contributed by atoms with Crippen LogP contribution in [-0.4, -0.2) is 44.9 Å². The molecule has 5 rings (SSSR count). The van der Waals surface area contributed by atoms with Crippen molar-refractivity contribution in [1.82, 2.24) is 19.6 Å². The van der Waals surface area contributed by atoms with Crippen molar-refractivity contribution >= 4 is 23.2 Å². The second kappa shape index (κ2) is 6.84. The monoisotopic (exact) mass is 423 g/mol. The van der Waals surface area contributed by atoms with Gasteiger partial charge >= 0.3 is 0 Å². The van der Waals surface area contributed by atoms with Crippen LogP contribution >= 0.6 is 11.6 Å². The Kier molecular flexibility index (Phi) is 4.40. The van der Waals surface area contributed by atoms with Gasteiger partial charge in [0.15, 0.2) is 0 Å². The van der Waals surface area contributed by atoms with Gasteiger partial charge in [-0.05, 0) is 25.7 Å². The van der Waals surface area contributed by atoms with Gasteiger partial charge in [-0.2, -0.15) is 19.6 Å². The molecule has 0 saturated carbocycles. The van der Waals surface area contributed by atoms with Crippen LogP contribution in [0, 0.1) is 17.5 Å². The first-order valence-corrected chi connectivity index (χ1v) is 9.71. The molecule has 1 aromatic carbocycles. The summed E-state index contributed by atoms with van der Waals surface area (Å²) in [5, 5.41) is 4.11. The molecule has 3 aromatic rings. The van der Waals surface area contributed by atoms with Crippen molar-refractivity contribution in [3.05, 3.63) is 41.1 Å². The van der Waals surface area contributed by atoms with E-state index in [0.29, 0.717) is 18.0 Å². The minimum Gasteiger partial charge on any atom is -0.381 e. The summed E-state index contributed by atoms with van der Waals surface area (Å²) >= 11 is 6.40. The molecule has 1 unspecified atom stereocenters. The highest BCUT2D eigenvalue weighted by molar-refractivity contribution is 6.33. The maximum Gasteiger partial charge on any atom is 0.255 e. The third kappa shape index (κ3) is 2.86. The molecule has 3 atom stereocenters. The third-order valence-corrected chi connectivity index (χ3v) is 6.16. The van der Waals surface area contributed by atoms with Crippen LogP contribution in [0.15, 0.2) is 18.5 Å². The molecule has 2 fully saturated rings. The lowest BCUT2D eigenvalue weighted by Gasteiger charge is -2.40. The van der Waals surface area contributed by atoms with E-state index < -0.39 is 23.0 Å². The quantitative estimate of drug-likeness (QED) is 0.596. The number of halogens is 4. The number of piperidine rings is 1. The molecule has 2 aliphatic rings. The summed E-state index contributed by atoms with van der Waals surface area (Å²) in [4.78, 5) is 10.3. The summed E-state index contributed by atoms with van der Waals surface area (Å²) in [7, 11) is 1.69. The lowest BCUT2D eigenvalue weighted by molar-refractivity contribution is 0.0681. The normalized spacial score (nSPS) is 23.9. The summed E-state index contributed by atoms with van der Waals surface area (Å²) in [5.41, 5.74) is -0.378. The highest BCUT2D eigenvalue weighted by Crippen LogP contribution is 2.46. The van der Waals surface area contributed by atoms with Crippen LogP contribution in [0.3, 0.4) is 0 Å². The number of hydrogen-bond donors (Lipinski definition) is 0. The molecule has 0 spiro atoms. The van der Waals surface area contributed by atoms with E-state index in [4.69, 9.17) is 16.3 Å². The Hall–Kier alpha value is -2.39. The van der Waals surface area contributed by atoms with Crippen molar-refractivity contribution in [3.8, 4) is 11.1 Å². The number of aromatic nitrogens is 4. The standard InChI is InChI=1S/C19H17ClF3N5O/c1-29-12-6-10-2-3-11(7-12)27(10)18-16(15-13(22)4-9(21)5-14(15)23)17(20)26-19-24-8-25-28(18)19/h4-5,8,10-12H,2-3,6-7H2,1H3/t10-,11?,12+/m0/s1. The van der Waals surface area contributed by atoms with Crippen LogP contribution < -0.4 is 4.90 Å². The fourth-order valence-electron chi connectivity index (χ4n) is 4.70. The highest BCUT2D eigenvalue weighted by Gasteiger charge is 2.44. The number of anilines is 1. The van der Waals surface area contributed by atoms with Crippen molar-refractivity contribution < 1.29 is 17.9 Å². The van der Waals surface area contributed by atoms with Crippen molar-refractivity contribution in [2.45, 2.75) is 43.9 Å². The van der Waals surface area contributed by atoms with Crippen molar-refractivity contribution in [2.24, 2.45) is 0 Å². The molecular weight excluding hydrogens is 407 g/mol. The maximum atomic E-state index is 14.7. The third-order valence-electron chi connectivity index (χ3n) is 5.88. The van der Waals surface area contributed by atoms with E-state index in [1.807, 2.05) is 0 Å². The van der Waals surface area contributed by atoms with Crippen LogP contribution in [0.25, 0.3) is 16.9 Å². The van der Waals surface area contributed by atoms with Gasteiger partial charge < -0.3 is 9.64 Å². The Morgan fingerprint density at radius 1 is 1.07 bits per heavy atom. The van der Waals surface area contributed by atoms with Gasteiger partial charge in [-0.15, -0.1) is 0 Å². The minimum absolute atomic E-state index is 0.0485. The topological polar surface area (TPSA) is 55.5 Å². The lowest BCUT2D eigenvalue weighted by Crippen LogP contribution is -2.46. The minimum atomic E-state index is -1.05. The van der Waals surface area contributed by atoms with Gasteiger partial charge in [-0.3, -0.25) is 0 Å². The average molecular weight is 424 g/mol. The summed E-state index contributed by atoms with van der Waals surface area (Å²) in [6.45, 7) is 0. The number of benzene rings is 1. The highest BCUT2D eigenvalue weighted by atomic mass is 35.5. The Labute approximate surface area is 169 Å². The Morgan fingerprint density at radius 2 is 1.72 bits per heavy atom. The molecule has 0 aliphatic carbocycles. The van der Waals surface area contributed by atoms with E-state index in [2.05, 4.69) is 20.0 Å². The molecule has 6 nitrogen and oxygen atoms in total. The molecule has 0 amide bonds. The molecular formula is C19H17ClF3N5O. The zero-order valence-corrected chi connectivity index (χ0v) is 16.2. The number of rotatable bonds is 3. The fourth-order valence-corrected chi connectivity index (χ4v) is 4.96. The van der Waals surface area contributed by atoms with Crippen LogP contribution in [0.5, 0.6) is 0 Å². The van der Waals surface area contributed by atoms with Gasteiger partial charge in [0.2, 0.25) is 0 Å². The first kappa shape index (κ1) is 18.6. The molecule has 0 N–H and O–H groups in total. The smallest absolute Gasteiger partial charge is 0.255 e. The van der Waals surface area contributed by atoms with E-state index in [-0.39, 0.29) is 34.7 Å². The summed E-state index contributed by atoms with van der Waals surface area (Å²) in [6, 6.07) is 1.45. The molecule has 4 heterocycles. The SMILES string of the molecule is CO[C@H]1CC2CC[C@@H](C1)N2c1c(-c2c(F)cc(F)cc2F)c(Cl)nc2ncnn12. The molecule has 0 radical (unpaired) electrons. The van der Waals surface area contributed by atoms with E-state index >= 15 is 0 Å². The van der Waals surface area contributed by atoms with Gasteiger partial charge in [0.1, 0.15) is 34.7 Å². The predicted octanol–water partition coefficient (Wildman–Crippen LogP) is 4.01. The second-order valence-electron chi connectivity index (χ2n) is 7.44. The summed E-state index contributed by atoms with van der Waals surface area (Å²) in [6.07, 6.45) is 4.80. The van der Waals surface area contributed by atoms with Gasteiger partial charge in [0.25, 0.3) is 5.78 Å². The van der Waals surface area contributed by atoms with Gasteiger partial charge in [0, 0.05) is 31.3 Å². The largest absolute Gasteiger partial charge is 0.381 e. The van der Waals surface area contributed by atoms with E-state index in [1.54, 1.807) is 7.11 Å². The van der Waals surface area contributed by atoms with Gasteiger partial charge in [-0.25, -0.2) is 13.2 Å². The van der Waals surface area contributed by atoms with E-state index in [9.17, 15) is 13.2 Å². The zero-order valence-electron chi connectivity index (χ0n) is 15.4. The Morgan fingerprint density at radius 3 is 2.34 bits per heavy atom. The van der Waals surface area contributed by atoms with E-state index in [0.717, 1.165) is 25.7 Å². The molecule has 2 aliphatic heterocycles. The Bertz CT molecular complexity index is 1070. The zero-order chi connectivity index (χ0) is 20.3. The summed E-state index contributed by atoms with van der Waals surface area (Å²) in [5.74, 6) is -2.46. The molecule has 10 heteroatoms. The van der Waals surface area contributed by atoms with Crippen LogP contribution in [-0.2, 0) is 4.74 Å². The fraction of sp³-hybridized carbons (Fsp3) is 0.421. The molecule has 2 aromatic heterocycles. The van der Waals surface area contributed by atoms with Crippen molar-refractivity contribution in [2.75, 3.05) is 12.0 Å². The molecule has 2 bridgehead atoms. The van der Waals surface area contributed by atoms with Gasteiger partial charge in [-0.1, -0.05) is 11.6 Å². The van der Waals surface area contributed by atoms with Crippen LogP contribution in [0.4, 0.5) is 19.0 Å². The van der Waals surface area contributed by atoms with Crippen LogP contribution in [0.2, 0.25) is 5.15 Å². The van der Waals surface area contributed by atoms with E-state index in [1.165, 1.54) is 10.8 Å². The second-order valence-corrected chi connectivity index (χ2v) is 7.80. The number of nitrogens with zero attached hydrogens (tertiary/aromatic N) is 5. The van der Waals surface area contributed by atoms with Crippen molar-refractivity contribution in [3.63, 3.8) is 0 Å². The average Bonchev–Trinajstić information content (AvgIpc) is 3.22. The molecule has 2 saturated heterocycles.